The number of rotatable bonds is 8. The van der Waals surface area contributed by atoms with Gasteiger partial charge in [0.2, 0.25) is 0 Å². The summed E-state index contributed by atoms with van der Waals surface area (Å²) in [7, 11) is 0. The number of nitrogen functional groups attached to an aromatic ring is 1. The van der Waals surface area contributed by atoms with Crippen LogP contribution in [0.4, 0.5) is 11.4 Å². The SMILES string of the molecule is Cc1ccc([C@@H](C(=O)NCc2ccccc2)N(C(=O)c2snc(C(N)=O)c2N)c2ccc(C)c(C)c2)o1. The number of primary amides is 1. The highest BCUT2D eigenvalue weighted by molar-refractivity contribution is 7.09. The van der Waals surface area contributed by atoms with E-state index in [0.717, 1.165) is 28.2 Å². The van der Waals surface area contributed by atoms with Gasteiger partial charge >= 0.3 is 0 Å². The van der Waals surface area contributed by atoms with Crippen molar-refractivity contribution in [1.29, 1.82) is 0 Å². The van der Waals surface area contributed by atoms with Crippen LogP contribution in [0.15, 0.2) is 65.1 Å². The van der Waals surface area contributed by atoms with Gasteiger partial charge in [-0.1, -0.05) is 36.4 Å². The van der Waals surface area contributed by atoms with Crippen LogP contribution in [0.1, 0.15) is 54.4 Å². The standard InChI is InChI=1S/C27H27N5O4S/c1-15-9-11-19(13-16(15)2)32(27(35)24-21(28)22(25(29)33)31-37-24)23(20-12-10-17(3)36-20)26(34)30-14-18-7-5-4-6-8-18/h4-13,23H,14,28H2,1-3H3,(H2,29,33)(H,30,34)/t23-/m0/s1. The lowest BCUT2D eigenvalue weighted by Gasteiger charge is -2.30. The third-order valence-electron chi connectivity index (χ3n) is 5.99. The summed E-state index contributed by atoms with van der Waals surface area (Å²) < 4.78 is 9.83. The van der Waals surface area contributed by atoms with Crippen molar-refractivity contribution < 1.29 is 18.8 Å². The Morgan fingerprint density at radius 3 is 2.35 bits per heavy atom. The van der Waals surface area contributed by atoms with Crippen molar-refractivity contribution in [2.45, 2.75) is 33.4 Å². The maximum atomic E-state index is 14.0. The maximum Gasteiger partial charge on any atom is 0.273 e. The number of hydrogen-bond acceptors (Lipinski definition) is 7. The molecule has 2 heterocycles. The molecule has 9 nitrogen and oxygen atoms in total. The number of amides is 3. The highest BCUT2D eigenvalue weighted by Gasteiger charge is 2.38. The molecule has 3 amide bonds. The molecule has 190 valence electrons. The fourth-order valence-corrected chi connectivity index (χ4v) is 4.60. The Labute approximate surface area is 218 Å². The van der Waals surface area contributed by atoms with Crippen LogP contribution >= 0.6 is 11.5 Å². The molecular formula is C27H27N5O4S. The van der Waals surface area contributed by atoms with Crippen molar-refractivity contribution in [3.8, 4) is 0 Å². The summed E-state index contributed by atoms with van der Waals surface area (Å²) in [5.74, 6) is -1.06. The quantitative estimate of drug-likeness (QED) is 0.322. The number of benzene rings is 2. The first-order chi connectivity index (χ1) is 17.7. The van der Waals surface area contributed by atoms with Gasteiger partial charge in [-0.25, -0.2) is 0 Å². The van der Waals surface area contributed by atoms with Crippen LogP contribution in [0.3, 0.4) is 0 Å². The Hall–Kier alpha value is -4.44. The van der Waals surface area contributed by atoms with E-state index in [1.54, 1.807) is 25.1 Å². The summed E-state index contributed by atoms with van der Waals surface area (Å²) in [6.07, 6.45) is 0. The largest absolute Gasteiger partial charge is 0.464 e. The van der Waals surface area contributed by atoms with Gasteiger partial charge in [-0.3, -0.25) is 19.3 Å². The van der Waals surface area contributed by atoms with Gasteiger partial charge in [-0.15, -0.1) is 0 Å². The second kappa shape index (κ2) is 10.7. The molecule has 10 heteroatoms. The first-order valence-electron chi connectivity index (χ1n) is 11.5. The molecule has 0 aliphatic carbocycles. The Kier molecular flexibility index (Phi) is 7.40. The highest BCUT2D eigenvalue weighted by Crippen LogP contribution is 2.34. The van der Waals surface area contributed by atoms with Crippen molar-refractivity contribution in [2.24, 2.45) is 5.73 Å². The lowest BCUT2D eigenvalue weighted by Crippen LogP contribution is -2.43. The van der Waals surface area contributed by atoms with Gasteiger partial charge in [0.15, 0.2) is 11.7 Å². The van der Waals surface area contributed by atoms with E-state index in [1.165, 1.54) is 4.90 Å². The molecule has 37 heavy (non-hydrogen) atoms. The molecule has 0 bridgehead atoms. The number of carbonyl (C=O) groups is 3. The topological polar surface area (TPSA) is 145 Å². The monoisotopic (exact) mass is 517 g/mol. The smallest absolute Gasteiger partial charge is 0.273 e. The minimum atomic E-state index is -1.18. The van der Waals surface area contributed by atoms with Crippen LogP contribution in [-0.2, 0) is 11.3 Å². The van der Waals surface area contributed by atoms with Gasteiger partial charge in [-0.05, 0) is 73.3 Å². The fourth-order valence-electron chi connectivity index (χ4n) is 3.85. The summed E-state index contributed by atoms with van der Waals surface area (Å²) in [5.41, 5.74) is 14.4. The van der Waals surface area contributed by atoms with E-state index in [0.29, 0.717) is 11.4 Å². The molecule has 0 saturated heterocycles. The summed E-state index contributed by atoms with van der Waals surface area (Å²) in [5, 5.41) is 2.92. The van der Waals surface area contributed by atoms with E-state index in [4.69, 9.17) is 15.9 Å². The van der Waals surface area contributed by atoms with Crippen molar-refractivity contribution in [1.82, 2.24) is 9.69 Å². The van der Waals surface area contributed by atoms with Gasteiger partial charge in [-0.2, -0.15) is 4.37 Å². The minimum Gasteiger partial charge on any atom is -0.464 e. The van der Waals surface area contributed by atoms with Gasteiger partial charge in [0.1, 0.15) is 16.4 Å². The van der Waals surface area contributed by atoms with Crippen LogP contribution < -0.4 is 21.7 Å². The lowest BCUT2D eigenvalue weighted by molar-refractivity contribution is -0.123. The maximum absolute atomic E-state index is 14.0. The molecular weight excluding hydrogens is 490 g/mol. The van der Waals surface area contributed by atoms with Crippen LogP contribution in [-0.4, -0.2) is 22.1 Å². The lowest BCUT2D eigenvalue weighted by atomic mass is 10.1. The van der Waals surface area contributed by atoms with Crippen LogP contribution in [0.2, 0.25) is 0 Å². The molecule has 0 saturated carbocycles. The van der Waals surface area contributed by atoms with Crippen LogP contribution in [0, 0.1) is 20.8 Å². The number of nitrogens with zero attached hydrogens (tertiary/aromatic N) is 2. The predicted molar refractivity (Wildman–Crippen MR) is 142 cm³/mol. The molecule has 1 atom stereocenters. The normalized spacial score (nSPS) is 11.6. The van der Waals surface area contributed by atoms with Crippen molar-refractivity contribution in [3.05, 3.63) is 99.4 Å². The number of nitrogens with two attached hydrogens (primary N) is 2. The zero-order chi connectivity index (χ0) is 26.7. The Balaban J connectivity index is 1.83. The van der Waals surface area contributed by atoms with Crippen molar-refractivity contribution in [2.75, 3.05) is 10.6 Å². The van der Waals surface area contributed by atoms with E-state index in [2.05, 4.69) is 9.69 Å². The van der Waals surface area contributed by atoms with Gasteiger partial charge in [0.05, 0.1) is 5.69 Å². The first kappa shape index (κ1) is 25.6. The van der Waals surface area contributed by atoms with Crippen molar-refractivity contribution in [3.63, 3.8) is 0 Å². The molecule has 0 aliphatic heterocycles. The van der Waals surface area contributed by atoms with Crippen molar-refractivity contribution >= 4 is 40.6 Å². The average Bonchev–Trinajstić information content (AvgIpc) is 3.48. The molecule has 0 radical (unpaired) electrons. The van der Waals surface area contributed by atoms with Gasteiger partial charge in [0.25, 0.3) is 17.7 Å². The van der Waals surface area contributed by atoms with E-state index in [1.807, 2.05) is 56.3 Å². The van der Waals surface area contributed by atoms with Gasteiger partial charge < -0.3 is 21.2 Å². The van der Waals surface area contributed by atoms with E-state index >= 15 is 0 Å². The highest BCUT2D eigenvalue weighted by atomic mass is 32.1. The second-order valence-electron chi connectivity index (χ2n) is 8.64. The summed E-state index contributed by atoms with van der Waals surface area (Å²) in [4.78, 5) is 40.8. The summed E-state index contributed by atoms with van der Waals surface area (Å²) >= 11 is 0.753. The number of aromatic nitrogens is 1. The van der Waals surface area contributed by atoms with E-state index in [9.17, 15) is 14.4 Å². The number of furan rings is 1. The first-order valence-corrected chi connectivity index (χ1v) is 12.3. The molecule has 5 N–H and O–H groups in total. The molecule has 0 aliphatic rings. The number of anilines is 2. The summed E-state index contributed by atoms with van der Waals surface area (Å²) in [6, 6.07) is 17.1. The number of carbonyl (C=O) groups excluding carboxylic acids is 3. The number of nitrogens with one attached hydrogen (secondary N) is 1. The molecule has 0 fully saturated rings. The number of aryl methyl sites for hydroxylation is 3. The zero-order valence-corrected chi connectivity index (χ0v) is 21.5. The molecule has 0 unspecified atom stereocenters. The second-order valence-corrected chi connectivity index (χ2v) is 9.41. The van der Waals surface area contributed by atoms with Gasteiger partial charge in [0, 0.05) is 12.2 Å². The Morgan fingerprint density at radius 1 is 1.03 bits per heavy atom. The average molecular weight is 518 g/mol. The van der Waals surface area contributed by atoms with Crippen LogP contribution in [0.5, 0.6) is 0 Å². The Morgan fingerprint density at radius 2 is 1.76 bits per heavy atom. The Bertz CT molecular complexity index is 1460. The molecule has 0 spiro atoms. The minimum absolute atomic E-state index is 0.00355. The molecule has 2 aromatic carbocycles. The molecule has 2 aromatic heterocycles. The van der Waals surface area contributed by atoms with E-state index < -0.39 is 23.8 Å². The summed E-state index contributed by atoms with van der Waals surface area (Å²) in [6.45, 7) is 5.87. The number of hydrogen-bond donors (Lipinski definition) is 3. The fraction of sp³-hybridized carbons (Fsp3) is 0.185. The third kappa shape index (κ3) is 5.39. The van der Waals surface area contributed by atoms with E-state index in [-0.39, 0.29) is 28.6 Å². The predicted octanol–water partition coefficient (Wildman–Crippen LogP) is 4.05. The molecule has 4 aromatic rings. The molecule has 4 rings (SSSR count). The third-order valence-corrected chi connectivity index (χ3v) is 6.84. The van der Waals surface area contributed by atoms with Crippen LogP contribution in [0.25, 0.3) is 0 Å². The zero-order valence-electron chi connectivity index (χ0n) is 20.6.